The first kappa shape index (κ1) is 23.1. The fourth-order valence-electron chi connectivity index (χ4n) is 2.93. The Bertz CT molecular complexity index is 1070. The number of nitrogens with two attached hydrogens (primary N) is 1. The average molecular weight is 479 g/mol. The fraction of sp³-hybridized carbons (Fsp3) is 0.333. The van der Waals surface area contributed by atoms with Crippen LogP contribution in [0.2, 0.25) is 0 Å². The van der Waals surface area contributed by atoms with E-state index in [0.29, 0.717) is 0 Å². The minimum Gasteiger partial charge on any atom is -0.477 e. The number of ether oxygens (including phenoxy) is 1. The fourth-order valence-corrected chi connectivity index (χ4v) is 4.80. The molecule has 12 nitrogen and oxygen atoms in total. The first-order valence-corrected chi connectivity index (χ1v) is 10.9. The third-order valence-electron chi connectivity index (χ3n) is 4.27. The third-order valence-corrected chi connectivity index (χ3v) is 6.28. The second-order valence-corrected chi connectivity index (χ2v) is 8.38. The van der Waals surface area contributed by atoms with Crippen LogP contribution >= 0.6 is 23.1 Å². The summed E-state index contributed by atoms with van der Waals surface area (Å²) in [6.45, 7) is 0.761. The smallest absolute Gasteiger partial charge is 0.352 e. The lowest BCUT2D eigenvalue weighted by Gasteiger charge is -2.49. The number of aromatic nitrogens is 1. The lowest BCUT2D eigenvalue weighted by atomic mass is 10.0. The Morgan fingerprint density at radius 3 is 2.84 bits per heavy atom. The van der Waals surface area contributed by atoms with Gasteiger partial charge in [-0.2, -0.15) is 0 Å². The number of thioether (sulfide) groups is 1. The van der Waals surface area contributed by atoms with E-state index in [1.165, 1.54) is 24.1 Å². The topological polar surface area (TPSA) is 174 Å². The molecule has 3 heterocycles. The Morgan fingerprint density at radius 2 is 2.25 bits per heavy atom. The second kappa shape index (κ2) is 9.71. The molecule has 0 saturated carbocycles. The minimum absolute atomic E-state index is 0.136. The summed E-state index contributed by atoms with van der Waals surface area (Å²) >= 11 is 2.31. The highest BCUT2D eigenvalue weighted by atomic mass is 32.2. The highest BCUT2D eigenvalue weighted by Crippen LogP contribution is 2.40. The zero-order valence-corrected chi connectivity index (χ0v) is 18.2. The van der Waals surface area contributed by atoms with E-state index in [1.807, 2.05) is 0 Å². The van der Waals surface area contributed by atoms with Gasteiger partial charge < -0.3 is 25.7 Å². The van der Waals surface area contributed by atoms with Gasteiger partial charge in [0.2, 0.25) is 0 Å². The van der Waals surface area contributed by atoms with Crippen molar-refractivity contribution < 1.29 is 33.9 Å². The maximum absolute atomic E-state index is 12.8. The number of amides is 2. The standard InChI is InChI=1S/C18H17N5O7S2/c1-3-4-30-22-11(10-7-32-18(19)20-10)14(25)21-12-15(26)23-13(17(27)28)9(5-29-8(2)24)6-31-16(12)23/h1,7,12,16H,4-6H2,2H3,(H2,19,20)(H,21,25)(H,27,28)/t12-,16-/m1/s1. The van der Waals surface area contributed by atoms with Crippen molar-refractivity contribution in [2.45, 2.75) is 18.3 Å². The predicted molar refractivity (Wildman–Crippen MR) is 114 cm³/mol. The highest BCUT2D eigenvalue weighted by molar-refractivity contribution is 8.00. The van der Waals surface area contributed by atoms with Crippen molar-refractivity contribution in [1.29, 1.82) is 0 Å². The van der Waals surface area contributed by atoms with Gasteiger partial charge in [-0.15, -0.1) is 29.5 Å². The first-order chi connectivity index (χ1) is 15.2. The molecular weight excluding hydrogens is 462 g/mol. The molecule has 4 N–H and O–H groups in total. The van der Waals surface area contributed by atoms with Crippen LogP contribution in [0.3, 0.4) is 0 Å². The summed E-state index contributed by atoms with van der Waals surface area (Å²) in [6, 6.07) is -1.01. The number of oxime groups is 1. The van der Waals surface area contributed by atoms with Crippen molar-refractivity contribution in [3.8, 4) is 12.3 Å². The van der Waals surface area contributed by atoms with Crippen LogP contribution < -0.4 is 11.1 Å². The molecule has 2 aliphatic heterocycles. The Morgan fingerprint density at radius 1 is 1.50 bits per heavy atom. The zero-order chi connectivity index (χ0) is 23.4. The predicted octanol–water partition coefficient (Wildman–Crippen LogP) is -0.619. The largest absolute Gasteiger partial charge is 0.477 e. The van der Waals surface area contributed by atoms with E-state index < -0.39 is 35.2 Å². The zero-order valence-electron chi connectivity index (χ0n) is 16.6. The first-order valence-electron chi connectivity index (χ1n) is 8.93. The minimum atomic E-state index is -1.33. The number of carboxylic acids is 1. The molecule has 14 heteroatoms. The van der Waals surface area contributed by atoms with Crippen LogP contribution in [-0.2, 0) is 28.8 Å². The summed E-state index contributed by atoms with van der Waals surface area (Å²) in [6.07, 6.45) is 5.11. The molecule has 0 spiro atoms. The molecule has 32 heavy (non-hydrogen) atoms. The van der Waals surface area contributed by atoms with Crippen molar-refractivity contribution in [3.63, 3.8) is 0 Å². The van der Waals surface area contributed by atoms with E-state index in [0.717, 1.165) is 16.2 Å². The molecule has 2 amide bonds. The van der Waals surface area contributed by atoms with Crippen molar-refractivity contribution in [1.82, 2.24) is 15.2 Å². The SMILES string of the molecule is C#CCON=C(C(=O)N[C@@H]1C(=O)N2C(C(=O)O)=C(COC(C)=O)CS[C@H]12)c1csc(N)n1. The number of rotatable bonds is 8. The molecule has 0 unspecified atom stereocenters. The number of fused-ring (bicyclic) bond motifs is 1. The van der Waals surface area contributed by atoms with Gasteiger partial charge in [0.1, 0.15) is 29.4 Å². The molecule has 0 aliphatic carbocycles. The lowest BCUT2D eigenvalue weighted by molar-refractivity contribution is -0.150. The van der Waals surface area contributed by atoms with Crippen molar-refractivity contribution >= 4 is 57.7 Å². The number of esters is 1. The van der Waals surface area contributed by atoms with Crippen LogP contribution in [0.15, 0.2) is 21.8 Å². The summed E-state index contributed by atoms with van der Waals surface area (Å²) in [5, 5.41) is 16.8. The van der Waals surface area contributed by atoms with E-state index in [2.05, 4.69) is 21.4 Å². The molecule has 2 aliphatic rings. The number of nitrogens with one attached hydrogen (secondary N) is 1. The number of terminal acetylenes is 1. The maximum atomic E-state index is 12.8. The molecule has 168 valence electrons. The van der Waals surface area contributed by atoms with Gasteiger partial charge in [-0.25, -0.2) is 9.78 Å². The molecule has 3 rings (SSSR count). The Kier molecular flexibility index (Phi) is 7.01. The van der Waals surface area contributed by atoms with Gasteiger partial charge in [-0.1, -0.05) is 11.1 Å². The van der Waals surface area contributed by atoms with Crippen LogP contribution in [0.4, 0.5) is 5.13 Å². The number of β-lactam (4-membered cyclic amide) rings is 1. The molecule has 0 aromatic carbocycles. The van der Waals surface area contributed by atoms with Gasteiger partial charge >= 0.3 is 11.9 Å². The Balaban J connectivity index is 1.78. The maximum Gasteiger partial charge on any atom is 0.352 e. The number of carbonyl (C=O) groups excluding carboxylic acids is 3. The number of aliphatic carboxylic acids is 1. The number of hydrogen-bond acceptors (Lipinski definition) is 11. The van der Waals surface area contributed by atoms with Crippen molar-refractivity contribution in [2.24, 2.45) is 5.16 Å². The van der Waals surface area contributed by atoms with Crippen LogP contribution in [0, 0.1) is 12.3 Å². The number of anilines is 1. The van der Waals surface area contributed by atoms with Gasteiger partial charge in [-0.05, 0) is 0 Å². The van der Waals surface area contributed by atoms with Gasteiger partial charge in [0.15, 0.2) is 17.5 Å². The van der Waals surface area contributed by atoms with Crippen molar-refractivity contribution in [2.75, 3.05) is 24.7 Å². The number of carbonyl (C=O) groups is 4. The van der Waals surface area contributed by atoms with Gasteiger partial charge in [0.25, 0.3) is 11.8 Å². The van der Waals surface area contributed by atoms with E-state index >= 15 is 0 Å². The Hall–Kier alpha value is -3.57. The molecule has 1 aromatic rings. The van der Waals surface area contributed by atoms with E-state index in [9.17, 15) is 24.3 Å². The van der Waals surface area contributed by atoms with E-state index in [1.54, 1.807) is 0 Å². The summed E-state index contributed by atoms with van der Waals surface area (Å²) in [5.74, 6) is -0.902. The third kappa shape index (κ3) is 4.68. The molecule has 0 bridgehead atoms. The second-order valence-electron chi connectivity index (χ2n) is 6.39. The van der Waals surface area contributed by atoms with Crippen LogP contribution in [-0.4, -0.2) is 74.8 Å². The quantitative estimate of drug-likeness (QED) is 0.109. The molecule has 0 radical (unpaired) electrons. The van der Waals surface area contributed by atoms with Gasteiger partial charge in [0.05, 0.1) is 0 Å². The Labute approximate surface area is 189 Å². The molecule has 1 fully saturated rings. The van der Waals surface area contributed by atoms with E-state index in [4.69, 9.17) is 21.7 Å². The van der Waals surface area contributed by atoms with E-state index in [-0.39, 0.29) is 46.8 Å². The number of carboxylic acid groups (broad SMARTS) is 1. The van der Waals surface area contributed by atoms with Crippen LogP contribution in [0.5, 0.6) is 0 Å². The number of hydrogen-bond donors (Lipinski definition) is 3. The van der Waals surface area contributed by atoms with Crippen LogP contribution in [0.1, 0.15) is 12.6 Å². The summed E-state index contributed by atoms with van der Waals surface area (Å²) in [5.41, 5.74) is 5.54. The normalized spacial score (nSPS) is 20.1. The summed E-state index contributed by atoms with van der Waals surface area (Å²) in [7, 11) is 0. The molecular formula is C18H17N5O7S2. The van der Waals surface area contributed by atoms with Gasteiger partial charge in [-0.3, -0.25) is 19.3 Å². The monoisotopic (exact) mass is 479 g/mol. The average Bonchev–Trinajstić information content (AvgIpc) is 3.18. The van der Waals surface area contributed by atoms with Crippen molar-refractivity contribution in [3.05, 3.63) is 22.3 Å². The number of thiazole rings is 1. The lowest BCUT2D eigenvalue weighted by Crippen LogP contribution is -2.71. The molecule has 2 atom stereocenters. The van der Waals surface area contributed by atoms with Gasteiger partial charge in [0, 0.05) is 23.6 Å². The van der Waals surface area contributed by atoms with Crippen LogP contribution in [0.25, 0.3) is 0 Å². The summed E-state index contributed by atoms with van der Waals surface area (Å²) in [4.78, 5) is 58.3. The highest BCUT2D eigenvalue weighted by Gasteiger charge is 2.54. The number of nitrogen functional groups attached to an aromatic ring is 1. The number of nitrogens with zero attached hydrogens (tertiary/aromatic N) is 3. The molecule has 1 aromatic heterocycles. The molecule has 1 saturated heterocycles. The summed E-state index contributed by atoms with van der Waals surface area (Å²) < 4.78 is 4.88.